The number of para-hydroxylation sites is 2. The first-order valence-electron chi connectivity index (χ1n) is 7.26. The number of amides is 1. The van der Waals surface area contributed by atoms with Crippen LogP contribution in [-0.2, 0) is 9.53 Å². The number of nitrogens with one attached hydrogen (secondary N) is 2. The molecule has 24 heavy (non-hydrogen) atoms. The van der Waals surface area contributed by atoms with Crippen LogP contribution >= 0.6 is 0 Å². The van der Waals surface area contributed by atoms with Gasteiger partial charge in [-0.25, -0.2) is 13.6 Å². The van der Waals surface area contributed by atoms with E-state index in [-0.39, 0.29) is 30.1 Å². The highest BCUT2D eigenvalue weighted by Crippen LogP contribution is 2.18. The van der Waals surface area contributed by atoms with Crippen LogP contribution in [0.15, 0.2) is 42.5 Å². The number of ether oxygens (including phenoxy) is 1. The Kier molecular flexibility index (Phi) is 5.83. The average molecular weight is 334 g/mol. The average Bonchev–Trinajstić information content (AvgIpc) is 2.55. The lowest BCUT2D eigenvalue weighted by atomic mass is 10.2. The molecular formula is C17H16F2N2O3. The van der Waals surface area contributed by atoms with Gasteiger partial charge >= 0.3 is 5.97 Å². The minimum absolute atomic E-state index is 0.199. The maximum Gasteiger partial charge on any atom is 0.340 e. The van der Waals surface area contributed by atoms with E-state index >= 15 is 0 Å². The topological polar surface area (TPSA) is 67.4 Å². The van der Waals surface area contributed by atoms with Crippen molar-refractivity contribution in [2.24, 2.45) is 0 Å². The predicted molar refractivity (Wildman–Crippen MR) is 85.9 cm³/mol. The Labute approximate surface area is 137 Å². The number of carbonyl (C=O) groups excluding carboxylic acids is 2. The van der Waals surface area contributed by atoms with E-state index in [1.165, 1.54) is 18.2 Å². The van der Waals surface area contributed by atoms with Gasteiger partial charge in [0.05, 0.1) is 24.4 Å². The van der Waals surface area contributed by atoms with Gasteiger partial charge in [-0.2, -0.15) is 0 Å². The van der Waals surface area contributed by atoms with Crippen LogP contribution in [0, 0.1) is 11.6 Å². The molecule has 126 valence electrons. The van der Waals surface area contributed by atoms with Crippen molar-refractivity contribution in [2.75, 3.05) is 23.8 Å². The van der Waals surface area contributed by atoms with Crippen molar-refractivity contribution in [3.05, 3.63) is 59.7 Å². The molecule has 7 heteroatoms. The molecule has 0 atom stereocenters. The number of anilines is 2. The second-order valence-electron chi connectivity index (χ2n) is 4.76. The normalized spacial score (nSPS) is 10.1. The third-order valence-electron chi connectivity index (χ3n) is 3.08. The van der Waals surface area contributed by atoms with Crippen LogP contribution in [0.4, 0.5) is 20.2 Å². The molecule has 0 radical (unpaired) electrons. The number of hydrogen-bond acceptors (Lipinski definition) is 4. The number of halogens is 2. The summed E-state index contributed by atoms with van der Waals surface area (Å²) in [7, 11) is 0. The van der Waals surface area contributed by atoms with Gasteiger partial charge in [-0.15, -0.1) is 0 Å². The lowest BCUT2D eigenvalue weighted by Crippen LogP contribution is -2.24. The fraction of sp³-hybridized carbons (Fsp3) is 0.176. The highest BCUT2D eigenvalue weighted by Gasteiger charge is 2.15. The molecule has 5 nitrogen and oxygen atoms in total. The van der Waals surface area contributed by atoms with E-state index in [1.54, 1.807) is 19.1 Å². The standard InChI is InChI=1S/C17H16F2N2O3/c1-2-24-17(23)11-6-3-4-9-14(11)21-15(22)10-20-16-12(18)7-5-8-13(16)19/h3-9,20H,2,10H2,1H3,(H,21,22). The van der Waals surface area contributed by atoms with Crippen molar-refractivity contribution in [1.82, 2.24) is 0 Å². The highest BCUT2D eigenvalue weighted by atomic mass is 19.1. The summed E-state index contributed by atoms with van der Waals surface area (Å²) >= 11 is 0. The first-order chi connectivity index (χ1) is 11.5. The van der Waals surface area contributed by atoms with Crippen LogP contribution in [0.25, 0.3) is 0 Å². The zero-order chi connectivity index (χ0) is 17.5. The molecule has 2 aromatic carbocycles. The Morgan fingerprint density at radius 1 is 1.04 bits per heavy atom. The maximum absolute atomic E-state index is 13.5. The quantitative estimate of drug-likeness (QED) is 0.796. The van der Waals surface area contributed by atoms with Gasteiger partial charge in [0.1, 0.15) is 17.3 Å². The predicted octanol–water partition coefficient (Wildman–Crippen LogP) is 3.19. The summed E-state index contributed by atoms with van der Waals surface area (Å²) < 4.78 is 31.9. The zero-order valence-electron chi connectivity index (χ0n) is 12.9. The number of rotatable bonds is 6. The van der Waals surface area contributed by atoms with Crippen LogP contribution in [0.2, 0.25) is 0 Å². The van der Waals surface area contributed by atoms with E-state index < -0.39 is 23.5 Å². The van der Waals surface area contributed by atoms with Crippen LogP contribution < -0.4 is 10.6 Å². The molecule has 1 amide bonds. The lowest BCUT2D eigenvalue weighted by molar-refractivity contribution is -0.114. The summed E-state index contributed by atoms with van der Waals surface area (Å²) in [6, 6.07) is 9.72. The molecule has 0 fully saturated rings. The van der Waals surface area contributed by atoms with E-state index in [2.05, 4.69) is 10.6 Å². The first kappa shape index (κ1) is 17.4. The van der Waals surface area contributed by atoms with E-state index in [0.29, 0.717) is 0 Å². The Balaban J connectivity index is 2.04. The van der Waals surface area contributed by atoms with Crippen molar-refractivity contribution in [2.45, 2.75) is 6.92 Å². The Morgan fingerprint density at radius 3 is 2.38 bits per heavy atom. The van der Waals surface area contributed by atoms with Crippen molar-refractivity contribution < 1.29 is 23.1 Å². The minimum atomic E-state index is -0.797. The van der Waals surface area contributed by atoms with Gasteiger partial charge in [0.2, 0.25) is 5.91 Å². The largest absolute Gasteiger partial charge is 0.462 e. The molecule has 0 saturated carbocycles. The summed E-state index contributed by atoms with van der Waals surface area (Å²) in [6.45, 7) is 1.51. The third-order valence-corrected chi connectivity index (χ3v) is 3.08. The van der Waals surface area contributed by atoms with Crippen LogP contribution in [0.1, 0.15) is 17.3 Å². The maximum atomic E-state index is 13.5. The molecular weight excluding hydrogens is 318 g/mol. The van der Waals surface area contributed by atoms with Crippen LogP contribution in [0.5, 0.6) is 0 Å². The number of esters is 1. The van der Waals surface area contributed by atoms with Gasteiger partial charge in [0.25, 0.3) is 0 Å². The first-order valence-corrected chi connectivity index (χ1v) is 7.26. The molecule has 0 aliphatic rings. The molecule has 0 aromatic heterocycles. The lowest BCUT2D eigenvalue weighted by Gasteiger charge is -2.12. The van der Waals surface area contributed by atoms with Crippen molar-refractivity contribution in [3.63, 3.8) is 0 Å². The Morgan fingerprint density at radius 2 is 1.71 bits per heavy atom. The van der Waals surface area contributed by atoms with E-state index in [4.69, 9.17) is 4.74 Å². The molecule has 0 bridgehead atoms. The summed E-state index contributed by atoms with van der Waals surface area (Å²) in [5.41, 5.74) is 0.0767. The second kappa shape index (κ2) is 8.05. The molecule has 0 heterocycles. The van der Waals surface area contributed by atoms with Crippen molar-refractivity contribution in [3.8, 4) is 0 Å². The Bertz CT molecular complexity index is 730. The molecule has 0 unspecified atom stereocenters. The molecule has 2 rings (SSSR count). The van der Waals surface area contributed by atoms with Gasteiger partial charge in [-0.1, -0.05) is 18.2 Å². The van der Waals surface area contributed by atoms with Crippen LogP contribution in [0.3, 0.4) is 0 Å². The van der Waals surface area contributed by atoms with Gasteiger partial charge in [0, 0.05) is 0 Å². The zero-order valence-corrected chi connectivity index (χ0v) is 12.9. The number of benzene rings is 2. The fourth-order valence-electron chi connectivity index (χ4n) is 2.01. The molecule has 0 aliphatic heterocycles. The van der Waals surface area contributed by atoms with Crippen molar-refractivity contribution >= 4 is 23.3 Å². The monoisotopic (exact) mass is 334 g/mol. The molecule has 0 aliphatic carbocycles. The van der Waals surface area contributed by atoms with Gasteiger partial charge in [-0.05, 0) is 31.2 Å². The fourth-order valence-corrected chi connectivity index (χ4v) is 2.01. The summed E-state index contributed by atoms with van der Waals surface area (Å²) in [6.07, 6.45) is 0. The molecule has 0 spiro atoms. The van der Waals surface area contributed by atoms with Crippen molar-refractivity contribution in [1.29, 1.82) is 0 Å². The SMILES string of the molecule is CCOC(=O)c1ccccc1NC(=O)CNc1c(F)cccc1F. The number of hydrogen-bond donors (Lipinski definition) is 2. The van der Waals surface area contributed by atoms with Gasteiger partial charge < -0.3 is 15.4 Å². The van der Waals surface area contributed by atoms with Gasteiger partial charge in [0.15, 0.2) is 0 Å². The molecule has 2 aromatic rings. The van der Waals surface area contributed by atoms with E-state index in [9.17, 15) is 18.4 Å². The van der Waals surface area contributed by atoms with Crippen LogP contribution in [-0.4, -0.2) is 25.0 Å². The molecule has 2 N–H and O–H groups in total. The smallest absolute Gasteiger partial charge is 0.340 e. The van der Waals surface area contributed by atoms with E-state index in [0.717, 1.165) is 12.1 Å². The van der Waals surface area contributed by atoms with E-state index in [1.807, 2.05) is 0 Å². The van der Waals surface area contributed by atoms with Gasteiger partial charge in [-0.3, -0.25) is 4.79 Å². The highest BCUT2D eigenvalue weighted by molar-refractivity contribution is 6.02. The minimum Gasteiger partial charge on any atom is -0.462 e. The molecule has 0 saturated heterocycles. The second-order valence-corrected chi connectivity index (χ2v) is 4.76. The number of carbonyl (C=O) groups is 2. The summed E-state index contributed by atoms with van der Waals surface area (Å²) in [5.74, 6) is -2.72. The summed E-state index contributed by atoms with van der Waals surface area (Å²) in [5, 5.41) is 4.91. The summed E-state index contributed by atoms with van der Waals surface area (Å²) in [4.78, 5) is 23.8. The Hall–Kier alpha value is -2.96. The third kappa shape index (κ3) is 4.28.